The highest BCUT2D eigenvalue weighted by Gasteiger charge is 2.44. The molecule has 2 fully saturated rings. The molecule has 51 heavy (non-hydrogen) atoms. The first-order valence-electron chi connectivity index (χ1n) is 17.5. The molecule has 1 heterocycles. The number of ether oxygens (including phenoxy) is 1. The summed E-state index contributed by atoms with van der Waals surface area (Å²) in [7, 11) is 0. The predicted octanol–water partition coefficient (Wildman–Crippen LogP) is 0.502. The van der Waals surface area contributed by atoms with E-state index in [-0.39, 0.29) is 79.8 Å². The van der Waals surface area contributed by atoms with Crippen molar-refractivity contribution in [1.82, 2.24) is 31.5 Å². The van der Waals surface area contributed by atoms with Crippen molar-refractivity contribution in [1.29, 1.82) is 0 Å². The third-order valence-corrected chi connectivity index (χ3v) is 8.81. The van der Waals surface area contributed by atoms with Gasteiger partial charge in [0, 0.05) is 25.8 Å². The highest BCUT2D eigenvalue weighted by atomic mass is 16.5. The fraction of sp³-hybridized carbons (Fsp3) is 0.611. The monoisotopic (exact) mass is 712 g/mol. The van der Waals surface area contributed by atoms with E-state index in [1.54, 1.807) is 24.3 Å². The van der Waals surface area contributed by atoms with Gasteiger partial charge in [-0.15, -0.1) is 0 Å². The van der Waals surface area contributed by atoms with Crippen LogP contribution >= 0.6 is 0 Å². The summed E-state index contributed by atoms with van der Waals surface area (Å²) < 4.78 is 5.49. The van der Waals surface area contributed by atoms with Crippen molar-refractivity contribution < 1.29 is 43.1 Å². The molecule has 15 heteroatoms. The molecule has 1 aliphatic heterocycles. The highest BCUT2D eigenvalue weighted by Crippen LogP contribution is 2.36. The minimum absolute atomic E-state index is 0.105. The number of amides is 7. The number of Topliss-reactive ketones (excluding diaryl/α,β-unsaturated/α-hetero) is 1. The maximum absolute atomic E-state index is 13.0. The van der Waals surface area contributed by atoms with Gasteiger partial charge < -0.3 is 31.3 Å². The van der Waals surface area contributed by atoms with Crippen LogP contribution in [0.3, 0.4) is 0 Å². The van der Waals surface area contributed by atoms with Crippen LogP contribution in [-0.4, -0.2) is 97.1 Å². The molecule has 1 saturated heterocycles. The Morgan fingerprint density at radius 1 is 0.824 bits per heavy atom. The van der Waals surface area contributed by atoms with Gasteiger partial charge in [0.1, 0.15) is 18.9 Å². The van der Waals surface area contributed by atoms with Crippen LogP contribution in [0.2, 0.25) is 0 Å². The Hall–Kier alpha value is -4.66. The fourth-order valence-electron chi connectivity index (χ4n) is 5.69. The lowest BCUT2D eigenvalue weighted by atomic mass is 9.80. The van der Waals surface area contributed by atoms with E-state index in [0.29, 0.717) is 25.8 Å². The topological polar surface area (TPSA) is 209 Å². The second-order valence-corrected chi connectivity index (χ2v) is 14.2. The summed E-state index contributed by atoms with van der Waals surface area (Å²) in [5.41, 5.74) is 0.470. The van der Waals surface area contributed by atoms with Crippen molar-refractivity contribution in [2.45, 2.75) is 91.2 Å². The van der Waals surface area contributed by atoms with E-state index in [1.165, 1.54) is 11.8 Å². The number of imide groups is 1. The molecule has 0 radical (unpaired) electrons. The predicted molar refractivity (Wildman–Crippen MR) is 185 cm³/mol. The number of rotatable bonds is 21. The van der Waals surface area contributed by atoms with E-state index in [9.17, 15) is 38.4 Å². The van der Waals surface area contributed by atoms with E-state index in [4.69, 9.17) is 4.74 Å². The van der Waals surface area contributed by atoms with Gasteiger partial charge in [-0.05, 0) is 49.5 Å². The first kappa shape index (κ1) is 40.8. The smallest absolute Gasteiger partial charge is 0.243 e. The van der Waals surface area contributed by atoms with E-state index < -0.39 is 42.3 Å². The van der Waals surface area contributed by atoms with Crippen molar-refractivity contribution in [3.63, 3.8) is 0 Å². The molecule has 1 unspecified atom stereocenters. The summed E-state index contributed by atoms with van der Waals surface area (Å²) in [5.74, 6) is -3.32. The third-order valence-electron chi connectivity index (χ3n) is 8.81. The number of nitrogens with one attached hydrogen (secondary N) is 5. The molecule has 3 rings (SSSR count). The first-order chi connectivity index (χ1) is 24.1. The van der Waals surface area contributed by atoms with Gasteiger partial charge in [0.05, 0.1) is 25.6 Å². The van der Waals surface area contributed by atoms with Gasteiger partial charge in [-0.25, -0.2) is 0 Å². The molecule has 0 spiro atoms. The second-order valence-electron chi connectivity index (χ2n) is 14.2. The molecule has 3 atom stereocenters. The molecule has 5 N–H and O–H groups in total. The van der Waals surface area contributed by atoms with Gasteiger partial charge in [0.2, 0.25) is 41.4 Å². The van der Waals surface area contributed by atoms with Crippen LogP contribution < -0.4 is 26.6 Å². The van der Waals surface area contributed by atoms with Crippen molar-refractivity contribution in [2.24, 2.45) is 17.3 Å². The van der Waals surface area contributed by atoms with Crippen molar-refractivity contribution in [3.8, 4) is 0 Å². The number of carbonyl (C=O) groups excluding carboxylic acids is 8. The molecular formula is C36H52N6O9. The molecule has 2 aliphatic rings. The van der Waals surface area contributed by atoms with E-state index in [2.05, 4.69) is 26.6 Å². The summed E-state index contributed by atoms with van der Waals surface area (Å²) in [6.45, 7) is 6.22. The molecule has 1 aromatic carbocycles. The number of nitrogens with zero attached hydrogens (tertiary/aromatic N) is 1. The molecule has 7 amide bonds. The highest BCUT2D eigenvalue weighted by molar-refractivity contribution is 6.03. The molecule has 15 nitrogen and oxygen atoms in total. The average Bonchev–Trinajstić information content (AvgIpc) is 3.87. The van der Waals surface area contributed by atoms with Crippen molar-refractivity contribution in [2.75, 3.05) is 32.9 Å². The SMILES string of the molecule is CC(=O)[C@@H](OCNC(=O)CNC(=O)[C@H](Cc1ccccc1)NC(=O)CNC(=O)CNC(=O)CCCCCN1C(=O)CC(C(C)(C)C)C1=O)C1CC1. The van der Waals surface area contributed by atoms with E-state index >= 15 is 0 Å². The second kappa shape index (κ2) is 19.7. The van der Waals surface area contributed by atoms with Crippen LogP contribution in [-0.2, 0) is 49.5 Å². The molecule has 1 saturated carbocycles. The maximum Gasteiger partial charge on any atom is 0.243 e. The van der Waals surface area contributed by atoms with Crippen LogP contribution in [0, 0.1) is 17.3 Å². The standard InChI is InChI=1S/C36H52N6O9/c1-23(43)33(25-14-15-25)51-22-40-30(46)20-39-34(49)27(17-24-11-7-5-8-12-24)41-31(47)21-38-29(45)19-37-28(44)13-9-6-10-16-42-32(48)18-26(35(42)50)36(2,3)4/h5,7-8,11-12,25-27,33H,6,9-10,13-22H2,1-4H3,(H,37,44)(H,38,45)(H,39,49)(H,40,46)(H,41,47)/t26?,27-,33+/m0/s1. The maximum atomic E-state index is 13.0. The Morgan fingerprint density at radius 3 is 2.08 bits per heavy atom. The summed E-state index contributed by atoms with van der Waals surface area (Å²) in [4.78, 5) is 100. The average molecular weight is 713 g/mol. The van der Waals surface area contributed by atoms with Gasteiger partial charge >= 0.3 is 0 Å². The van der Waals surface area contributed by atoms with Crippen LogP contribution in [0.25, 0.3) is 0 Å². The normalized spacial score (nSPS) is 16.9. The van der Waals surface area contributed by atoms with Crippen molar-refractivity contribution >= 4 is 47.1 Å². The lowest BCUT2D eigenvalue weighted by molar-refractivity contribution is -0.140. The van der Waals surface area contributed by atoms with E-state index in [1.807, 2.05) is 26.8 Å². The molecule has 0 bridgehead atoms. The Balaban J connectivity index is 1.33. The van der Waals surface area contributed by atoms with Gasteiger partial charge in [-0.1, -0.05) is 57.5 Å². The van der Waals surface area contributed by atoms with Gasteiger partial charge in [0.15, 0.2) is 5.78 Å². The zero-order valence-electron chi connectivity index (χ0n) is 30.0. The zero-order chi connectivity index (χ0) is 37.6. The summed E-state index contributed by atoms with van der Waals surface area (Å²) in [6, 6.07) is 7.88. The summed E-state index contributed by atoms with van der Waals surface area (Å²) in [6.07, 6.45) is 3.45. The van der Waals surface area contributed by atoms with Crippen LogP contribution in [0.5, 0.6) is 0 Å². The first-order valence-corrected chi connectivity index (χ1v) is 17.5. The summed E-state index contributed by atoms with van der Waals surface area (Å²) in [5, 5.41) is 12.5. The van der Waals surface area contributed by atoms with Crippen LogP contribution in [0.1, 0.15) is 78.2 Å². The van der Waals surface area contributed by atoms with Gasteiger partial charge in [-0.2, -0.15) is 0 Å². The Bertz CT molecular complexity index is 1420. The molecule has 280 valence electrons. The molecule has 0 aromatic heterocycles. The number of carbonyl (C=O) groups is 8. The Labute approximate surface area is 298 Å². The van der Waals surface area contributed by atoms with E-state index in [0.717, 1.165) is 18.4 Å². The molecular weight excluding hydrogens is 660 g/mol. The lowest BCUT2D eigenvalue weighted by Gasteiger charge is -2.24. The van der Waals surface area contributed by atoms with Gasteiger partial charge in [-0.3, -0.25) is 43.3 Å². The fourth-order valence-corrected chi connectivity index (χ4v) is 5.69. The number of likely N-dealkylation sites (tertiary alicyclic amines) is 1. The molecule has 1 aromatic rings. The molecule has 1 aliphatic carbocycles. The lowest BCUT2D eigenvalue weighted by Crippen LogP contribution is -2.52. The number of hydrogen-bond acceptors (Lipinski definition) is 9. The van der Waals surface area contributed by atoms with Crippen molar-refractivity contribution in [3.05, 3.63) is 35.9 Å². The number of unbranched alkanes of at least 4 members (excludes halogenated alkanes) is 2. The van der Waals surface area contributed by atoms with Crippen LogP contribution in [0.4, 0.5) is 0 Å². The number of benzene rings is 1. The largest absolute Gasteiger partial charge is 0.350 e. The van der Waals surface area contributed by atoms with Crippen LogP contribution in [0.15, 0.2) is 30.3 Å². The number of hydrogen-bond donors (Lipinski definition) is 5. The zero-order valence-corrected chi connectivity index (χ0v) is 30.0. The minimum atomic E-state index is -1.06. The number of ketones is 1. The third kappa shape index (κ3) is 14.2. The minimum Gasteiger partial charge on any atom is -0.350 e. The van der Waals surface area contributed by atoms with Gasteiger partial charge in [0.25, 0.3) is 0 Å². The summed E-state index contributed by atoms with van der Waals surface area (Å²) >= 11 is 0. The quantitative estimate of drug-likeness (QED) is 0.0682. The Kier molecular flexibility index (Phi) is 15.7. The Morgan fingerprint density at radius 2 is 1.45 bits per heavy atom.